The first-order chi connectivity index (χ1) is 17.2. The maximum Gasteiger partial charge on any atom is 0.252 e. The molecule has 0 saturated carbocycles. The topological polar surface area (TPSA) is 55.0 Å². The quantitative estimate of drug-likeness (QED) is 0.618. The summed E-state index contributed by atoms with van der Waals surface area (Å²) in [5, 5.41) is 4.13. The Morgan fingerprint density at radius 2 is 1.71 bits per heavy atom. The van der Waals surface area contributed by atoms with Crippen molar-refractivity contribution in [3.8, 4) is 0 Å². The number of aromatic nitrogens is 1. The van der Waals surface area contributed by atoms with E-state index in [4.69, 9.17) is 4.98 Å². The molecule has 3 aliphatic rings. The minimum absolute atomic E-state index is 0.0165. The first-order valence-corrected chi connectivity index (χ1v) is 13.8. The van der Waals surface area contributed by atoms with Gasteiger partial charge in [-0.05, 0) is 84.0 Å². The Bertz CT molecular complexity index is 975. The molecule has 0 spiro atoms. The van der Waals surface area contributed by atoms with Crippen LogP contribution in [-0.4, -0.2) is 104 Å². The highest BCUT2D eigenvalue weighted by Gasteiger charge is 2.25. The lowest BCUT2D eigenvalue weighted by atomic mass is 10.00. The van der Waals surface area contributed by atoms with Gasteiger partial charge in [-0.1, -0.05) is 24.6 Å². The van der Waals surface area contributed by atoms with Crippen LogP contribution in [0.1, 0.15) is 48.9 Å². The number of fused-ring (bicyclic) bond motifs is 1. The third-order valence-corrected chi connectivity index (χ3v) is 8.18. The van der Waals surface area contributed by atoms with Gasteiger partial charge in [0.1, 0.15) is 5.82 Å². The Hall–Kier alpha value is -2.22. The van der Waals surface area contributed by atoms with Gasteiger partial charge in [0.25, 0.3) is 5.91 Å². The molecule has 7 heteroatoms. The van der Waals surface area contributed by atoms with Crippen LogP contribution in [0.15, 0.2) is 30.3 Å². The number of pyridine rings is 1. The number of carbonyl (C=O) groups excluding carboxylic acids is 1. The molecular weight excluding hydrogens is 436 g/mol. The maximum absolute atomic E-state index is 13.2. The molecule has 0 radical (unpaired) electrons. The Labute approximate surface area is 210 Å². The highest BCUT2D eigenvalue weighted by atomic mass is 16.1. The fourth-order valence-corrected chi connectivity index (χ4v) is 5.94. The summed E-state index contributed by atoms with van der Waals surface area (Å²) in [6.07, 6.45) is 7.75. The summed E-state index contributed by atoms with van der Waals surface area (Å²) < 4.78 is 0. The van der Waals surface area contributed by atoms with Crippen molar-refractivity contribution < 1.29 is 4.79 Å². The number of hydrogen-bond acceptors (Lipinski definition) is 6. The number of hydrogen-bond donors (Lipinski definition) is 1. The predicted molar refractivity (Wildman–Crippen MR) is 143 cm³/mol. The van der Waals surface area contributed by atoms with E-state index in [2.05, 4.69) is 32.0 Å². The molecule has 0 bridgehead atoms. The summed E-state index contributed by atoms with van der Waals surface area (Å²) >= 11 is 0. The van der Waals surface area contributed by atoms with Crippen LogP contribution >= 0.6 is 0 Å². The third-order valence-electron chi connectivity index (χ3n) is 8.18. The fourth-order valence-electron chi connectivity index (χ4n) is 5.94. The number of para-hydroxylation sites is 1. The standard InChI is InChI=1S/C28H42N6O/c1-31-18-20-34(21-19-31)27-22-25(24-8-3-4-9-26(24)30-27)28(35)29-12-7-13-32-16-10-23(11-17-32)33-14-5-2-6-15-33/h3-4,8-9,22-23H,2,5-7,10-21H2,1H3,(H,29,35). The second kappa shape index (κ2) is 11.7. The van der Waals surface area contributed by atoms with E-state index in [0.29, 0.717) is 6.54 Å². The summed E-state index contributed by atoms with van der Waals surface area (Å²) in [4.78, 5) is 28.1. The lowest BCUT2D eigenvalue weighted by Crippen LogP contribution is -2.47. The summed E-state index contributed by atoms with van der Waals surface area (Å²) in [5.74, 6) is 0.932. The molecular formula is C28H42N6O. The van der Waals surface area contributed by atoms with Crippen LogP contribution in [0.2, 0.25) is 0 Å². The number of piperazine rings is 1. The monoisotopic (exact) mass is 478 g/mol. The number of anilines is 1. The van der Waals surface area contributed by atoms with Gasteiger partial charge in [0.05, 0.1) is 11.1 Å². The van der Waals surface area contributed by atoms with Gasteiger partial charge in [0.2, 0.25) is 0 Å². The van der Waals surface area contributed by atoms with E-state index in [1.54, 1.807) is 0 Å². The van der Waals surface area contributed by atoms with Gasteiger partial charge in [-0.3, -0.25) is 4.79 Å². The van der Waals surface area contributed by atoms with E-state index in [1.165, 1.54) is 58.3 Å². The number of amides is 1. The number of carbonyl (C=O) groups is 1. The van der Waals surface area contributed by atoms with Gasteiger partial charge < -0.3 is 24.9 Å². The van der Waals surface area contributed by atoms with Gasteiger partial charge in [0.15, 0.2) is 0 Å². The summed E-state index contributed by atoms with van der Waals surface area (Å²) in [7, 11) is 2.15. The second-order valence-electron chi connectivity index (χ2n) is 10.6. The van der Waals surface area contributed by atoms with E-state index >= 15 is 0 Å². The van der Waals surface area contributed by atoms with Crippen LogP contribution in [0.5, 0.6) is 0 Å². The third kappa shape index (κ3) is 6.13. The van der Waals surface area contributed by atoms with Gasteiger partial charge >= 0.3 is 0 Å². The van der Waals surface area contributed by atoms with Crippen LogP contribution in [0.4, 0.5) is 5.82 Å². The van der Waals surface area contributed by atoms with Crippen molar-refractivity contribution in [2.75, 3.05) is 77.4 Å². The number of likely N-dealkylation sites (N-methyl/N-ethyl adjacent to an activating group) is 1. The molecule has 190 valence electrons. The molecule has 3 fully saturated rings. The van der Waals surface area contributed by atoms with Crippen LogP contribution in [0, 0.1) is 0 Å². The van der Waals surface area contributed by atoms with Crippen LogP contribution in [0.25, 0.3) is 10.9 Å². The zero-order valence-corrected chi connectivity index (χ0v) is 21.4. The number of rotatable bonds is 7. The highest BCUT2D eigenvalue weighted by molar-refractivity contribution is 6.07. The number of piperidine rings is 2. The van der Waals surface area contributed by atoms with Gasteiger partial charge in [0, 0.05) is 44.2 Å². The molecule has 1 N–H and O–H groups in total. The normalized spacial score (nSPS) is 21.5. The SMILES string of the molecule is CN1CCN(c2cc(C(=O)NCCCN3CCC(N4CCCCC4)CC3)c3ccccc3n2)CC1. The number of likely N-dealkylation sites (tertiary alicyclic amines) is 2. The molecule has 2 aromatic rings. The molecule has 0 atom stereocenters. The van der Waals surface area contributed by atoms with Crippen LogP contribution < -0.4 is 10.2 Å². The average Bonchev–Trinajstić information content (AvgIpc) is 2.91. The van der Waals surface area contributed by atoms with E-state index in [1.807, 2.05) is 30.3 Å². The minimum atomic E-state index is 0.0165. The van der Waals surface area contributed by atoms with Gasteiger partial charge in [-0.25, -0.2) is 4.98 Å². The Balaban J connectivity index is 1.13. The number of nitrogens with one attached hydrogen (secondary N) is 1. The molecule has 4 heterocycles. The number of nitrogens with zero attached hydrogens (tertiary/aromatic N) is 5. The van der Waals surface area contributed by atoms with Crippen molar-refractivity contribution in [3.63, 3.8) is 0 Å². The molecule has 3 saturated heterocycles. The maximum atomic E-state index is 13.2. The van der Waals surface area contributed by atoms with Crippen molar-refractivity contribution in [2.45, 2.75) is 44.6 Å². The number of benzene rings is 1. The van der Waals surface area contributed by atoms with Crippen LogP contribution in [-0.2, 0) is 0 Å². The Morgan fingerprint density at radius 3 is 2.49 bits per heavy atom. The zero-order valence-electron chi connectivity index (χ0n) is 21.4. The lowest BCUT2D eigenvalue weighted by molar-refractivity contribution is 0.0903. The van der Waals surface area contributed by atoms with E-state index in [0.717, 1.165) is 67.5 Å². The minimum Gasteiger partial charge on any atom is -0.354 e. The Kier molecular flexibility index (Phi) is 8.16. The molecule has 1 aromatic carbocycles. The van der Waals surface area contributed by atoms with Crippen molar-refractivity contribution in [2.24, 2.45) is 0 Å². The molecule has 0 aliphatic carbocycles. The van der Waals surface area contributed by atoms with Crippen molar-refractivity contribution >= 4 is 22.6 Å². The lowest BCUT2D eigenvalue weighted by Gasteiger charge is -2.40. The second-order valence-corrected chi connectivity index (χ2v) is 10.6. The Morgan fingerprint density at radius 1 is 0.971 bits per heavy atom. The van der Waals surface area contributed by atoms with Crippen LogP contribution in [0.3, 0.4) is 0 Å². The summed E-state index contributed by atoms with van der Waals surface area (Å²) in [6.45, 7) is 10.7. The average molecular weight is 479 g/mol. The van der Waals surface area contributed by atoms with E-state index < -0.39 is 0 Å². The fraction of sp³-hybridized carbons (Fsp3) is 0.643. The van der Waals surface area contributed by atoms with Gasteiger partial charge in [-0.15, -0.1) is 0 Å². The molecule has 1 amide bonds. The van der Waals surface area contributed by atoms with Crippen molar-refractivity contribution in [1.82, 2.24) is 25.0 Å². The molecule has 1 aromatic heterocycles. The van der Waals surface area contributed by atoms with Crippen molar-refractivity contribution in [3.05, 3.63) is 35.9 Å². The molecule has 7 nitrogen and oxygen atoms in total. The molecule has 3 aliphatic heterocycles. The predicted octanol–water partition coefficient (Wildman–Crippen LogP) is 3.06. The smallest absolute Gasteiger partial charge is 0.252 e. The molecule has 35 heavy (non-hydrogen) atoms. The highest BCUT2D eigenvalue weighted by Crippen LogP contribution is 2.24. The van der Waals surface area contributed by atoms with E-state index in [-0.39, 0.29) is 5.91 Å². The van der Waals surface area contributed by atoms with Crippen molar-refractivity contribution in [1.29, 1.82) is 0 Å². The molecule has 5 rings (SSSR count). The first kappa shape index (κ1) is 24.5. The van der Waals surface area contributed by atoms with Gasteiger partial charge in [-0.2, -0.15) is 0 Å². The molecule has 0 unspecified atom stereocenters. The first-order valence-electron chi connectivity index (χ1n) is 13.8. The summed E-state index contributed by atoms with van der Waals surface area (Å²) in [6, 6.07) is 10.8. The summed E-state index contributed by atoms with van der Waals surface area (Å²) in [5.41, 5.74) is 1.64. The zero-order chi connectivity index (χ0) is 24.0. The van der Waals surface area contributed by atoms with E-state index in [9.17, 15) is 4.79 Å². The largest absolute Gasteiger partial charge is 0.354 e.